The maximum atomic E-state index is 11.6. The van der Waals surface area contributed by atoms with Crippen LogP contribution >= 0.6 is 27.5 Å². The van der Waals surface area contributed by atoms with E-state index in [1.165, 1.54) is 6.07 Å². The second kappa shape index (κ2) is 6.83. The van der Waals surface area contributed by atoms with Gasteiger partial charge < -0.3 is 15.2 Å². The van der Waals surface area contributed by atoms with Crippen molar-refractivity contribution in [2.45, 2.75) is 6.92 Å². The van der Waals surface area contributed by atoms with E-state index in [-0.39, 0.29) is 0 Å². The molecule has 0 aliphatic heterocycles. The van der Waals surface area contributed by atoms with Gasteiger partial charge in [-0.05, 0) is 43.3 Å². The van der Waals surface area contributed by atoms with Crippen molar-refractivity contribution in [2.24, 2.45) is 0 Å². The van der Waals surface area contributed by atoms with Crippen LogP contribution < -0.4 is 10.5 Å². The lowest BCUT2D eigenvalue weighted by molar-refractivity contribution is 0.0526. The summed E-state index contributed by atoms with van der Waals surface area (Å²) >= 11 is 9.41. The molecule has 110 valence electrons. The molecule has 2 N–H and O–H groups in total. The molecule has 21 heavy (non-hydrogen) atoms. The molecular formula is C15H13BrClNO3. The molecule has 0 saturated carbocycles. The fraction of sp³-hybridized carbons (Fsp3) is 0.133. The predicted octanol–water partition coefficient (Wildman–Crippen LogP) is 4.65. The Bertz CT molecular complexity index is 676. The van der Waals surface area contributed by atoms with E-state index >= 15 is 0 Å². The van der Waals surface area contributed by atoms with Crippen molar-refractivity contribution in [3.63, 3.8) is 0 Å². The van der Waals surface area contributed by atoms with Crippen molar-refractivity contribution in [2.75, 3.05) is 12.3 Å². The Morgan fingerprint density at radius 1 is 1.24 bits per heavy atom. The van der Waals surface area contributed by atoms with Crippen LogP contribution in [0.4, 0.5) is 5.69 Å². The van der Waals surface area contributed by atoms with E-state index in [4.69, 9.17) is 26.8 Å². The van der Waals surface area contributed by atoms with Gasteiger partial charge in [0, 0.05) is 4.47 Å². The number of nitrogens with two attached hydrogens (primary N) is 1. The van der Waals surface area contributed by atoms with Gasteiger partial charge >= 0.3 is 5.97 Å². The monoisotopic (exact) mass is 369 g/mol. The highest BCUT2D eigenvalue weighted by atomic mass is 79.9. The smallest absolute Gasteiger partial charge is 0.338 e. The quantitative estimate of drug-likeness (QED) is 0.628. The number of halogens is 2. The number of hydrogen-bond donors (Lipinski definition) is 1. The Balaban J connectivity index is 2.25. The molecular weight excluding hydrogens is 358 g/mol. The summed E-state index contributed by atoms with van der Waals surface area (Å²) in [5, 5.41) is 0.465. The second-order valence-electron chi connectivity index (χ2n) is 4.15. The van der Waals surface area contributed by atoms with E-state index < -0.39 is 5.97 Å². The minimum atomic E-state index is -0.420. The molecule has 2 aromatic carbocycles. The van der Waals surface area contributed by atoms with Gasteiger partial charge in [0.05, 0.1) is 22.9 Å². The van der Waals surface area contributed by atoms with Gasteiger partial charge in [-0.1, -0.05) is 27.5 Å². The van der Waals surface area contributed by atoms with E-state index in [2.05, 4.69) is 15.9 Å². The SMILES string of the molecule is CCOC(=O)c1ccc(Oc2cc(Br)ccc2Cl)c(N)c1. The number of ether oxygens (including phenoxy) is 2. The number of rotatable bonds is 4. The molecule has 0 bridgehead atoms. The molecule has 0 aliphatic rings. The zero-order valence-electron chi connectivity index (χ0n) is 11.2. The van der Waals surface area contributed by atoms with Gasteiger partial charge in [0.1, 0.15) is 11.5 Å². The highest BCUT2D eigenvalue weighted by Crippen LogP contribution is 2.34. The first-order chi connectivity index (χ1) is 10.0. The summed E-state index contributed by atoms with van der Waals surface area (Å²) in [6.45, 7) is 2.05. The number of hydrogen-bond acceptors (Lipinski definition) is 4. The Morgan fingerprint density at radius 3 is 2.67 bits per heavy atom. The minimum Gasteiger partial charge on any atom is -0.462 e. The van der Waals surface area contributed by atoms with Crippen molar-refractivity contribution in [3.8, 4) is 11.5 Å². The first-order valence-electron chi connectivity index (χ1n) is 6.20. The number of nitrogen functional groups attached to an aromatic ring is 1. The van der Waals surface area contributed by atoms with Crippen molar-refractivity contribution in [1.82, 2.24) is 0 Å². The number of benzene rings is 2. The van der Waals surface area contributed by atoms with Crippen LogP contribution in [0.15, 0.2) is 40.9 Å². The molecule has 0 unspecified atom stereocenters. The first-order valence-corrected chi connectivity index (χ1v) is 7.38. The third-order valence-electron chi connectivity index (χ3n) is 2.63. The maximum absolute atomic E-state index is 11.6. The number of carbonyl (C=O) groups is 1. The predicted molar refractivity (Wildman–Crippen MR) is 86.0 cm³/mol. The number of carbonyl (C=O) groups excluding carboxylic acids is 1. The van der Waals surface area contributed by atoms with E-state index in [1.54, 1.807) is 31.2 Å². The molecule has 0 atom stereocenters. The van der Waals surface area contributed by atoms with Crippen molar-refractivity contribution in [3.05, 3.63) is 51.5 Å². The topological polar surface area (TPSA) is 61.5 Å². The third-order valence-corrected chi connectivity index (χ3v) is 3.44. The molecule has 0 heterocycles. The van der Waals surface area contributed by atoms with Crippen molar-refractivity contribution in [1.29, 1.82) is 0 Å². The third kappa shape index (κ3) is 3.89. The molecule has 0 aromatic heterocycles. The first kappa shape index (κ1) is 15.7. The maximum Gasteiger partial charge on any atom is 0.338 e. The zero-order chi connectivity index (χ0) is 15.4. The zero-order valence-corrected chi connectivity index (χ0v) is 13.6. The number of anilines is 1. The highest BCUT2D eigenvalue weighted by Gasteiger charge is 2.11. The minimum absolute atomic E-state index is 0.310. The largest absolute Gasteiger partial charge is 0.462 e. The van der Waals surface area contributed by atoms with Gasteiger partial charge in [-0.25, -0.2) is 4.79 Å². The van der Waals surface area contributed by atoms with E-state index in [1.807, 2.05) is 6.07 Å². The molecule has 0 saturated heterocycles. The summed E-state index contributed by atoms with van der Waals surface area (Å²) < 4.78 is 11.4. The fourth-order valence-electron chi connectivity index (χ4n) is 1.66. The lowest BCUT2D eigenvalue weighted by atomic mass is 10.2. The average molecular weight is 371 g/mol. The Morgan fingerprint density at radius 2 is 2.00 bits per heavy atom. The van der Waals surface area contributed by atoms with E-state index in [9.17, 15) is 4.79 Å². The van der Waals surface area contributed by atoms with Crippen LogP contribution in [0.25, 0.3) is 0 Å². The summed E-state index contributed by atoms with van der Waals surface area (Å²) in [5.74, 6) is 0.473. The Labute approximate surface area is 135 Å². The lowest BCUT2D eigenvalue weighted by Gasteiger charge is -2.11. The molecule has 4 nitrogen and oxygen atoms in total. The Hall–Kier alpha value is -1.72. The fourth-order valence-corrected chi connectivity index (χ4v) is 2.15. The van der Waals surface area contributed by atoms with Gasteiger partial charge in [-0.2, -0.15) is 0 Å². The summed E-state index contributed by atoms with van der Waals surface area (Å²) in [6.07, 6.45) is 0. The van der Waals surface area contributed by atoms with Crippen molar-refractivity contribution >= 4 is 39.2 Å². The van der Waals surface area contributed by atoms with E-state index in [0.717, 1.165) is 4.47 Å². The molecule has 0 fully saturated rings. The van der Waals surface area contributed by atoms with E-state index in [0.29, 0.717) is 34.4 Å². The van der Waals surface area contributed by atoms with Crippen LogP contribution in [0, 0.1) is 0 Å². The molecule has 0 amide bonds. The molecule has 6 heteroatoms. The molecule has 0 aliphatic carbocycles. The number of esters is 1. The molecule has 0 spiro atoms. The van der Waals surface area contributed by atoms with Crippen molar-refractivity contribution < 1.29 is 14.3 Å². The molecule has 2 rings (SSSR count). The van der Waals surface area contributed by atoms with Gasteiger partial charge in [0.2, 0.25) is 0 Å². The second-order valence-corrected chi connectivity index (χ2v) is 5.47. The summed E-state index contributed by atoms with van der Waals surface area (Å²) in [5.41, 5.74) is 6.61. The standard InChI is InChI=1S/C15H13BrClNO3/c1-2-20-15(19)9-3-6-13(12(18)7-9)21-14-8-10(16)4-5-11(14)17/h3-8H,2,18H2,1H3. The molecule has 2 aromatic rings. The van der Waals surface area contributed by atoms with Crippen LogP contribution in [0.5, 0.6) is 11.5 Å². The summed E-state index contributed by atoms with van der Waals surface area (Å²) in [4.78, 5) is 11.6. The normalized spacial score (nSPS) is 10.2. The molecule has 0 radical (unpaired) electrons. The van der Waals surface area contributed by atoms with Crippen LogP contribution in [-0.4, -0.2) is 12.6 Å². The average Bonchev–Trinajstić information content (AvgIpc) is 2.45. The highest BCUT2D eigenvalue weighted by molar-refractivity contribution is 9.10. The van der Waals surface area contributed by atoms with Crippen LogP contribution in [0.2, 0.25) is 5.02 Å². The van der Waals surface area contributed by atoms with Gasteiger partial charge in [-0.3, -0.25) is 0 Å². The van der Waals surface area contributed by atoms with Gasteiger partial charge in [0.25, 0.3) is 0 Å². The summed E-state index contributed by atoms with van der Waals surface area (Å²) in [7, 11) is 0. The van der Waals surface area contributed by atoms with Crippen LogP contribution in [-0.2, 0) is 4.74 Å². The lowest BCUT2D eigenvalue weighted by Crippen LogP contribution is -2.05. The van der Waals surface area contributed by atoms with Crippen LogP contribution in [0.1, 0.15) is 17.3 Å². The summed E-state index contributed by atoms with van der Waals surface area (Å²) in [6, 6.07) is 9.97. The van der Waals surface area contributed by atoms with Gasteiger partial charge in [-0.15, -0.1) is 0 Å². The van der Waals surface area contributed by atoms with Crippen LogP contribution in [0.3, 0.4) is 0 Å². The van der Waals surface area contributed by atoms with Gasteiger partial charge in [0.15, 0.2) is 0 Å². The Kier molecular flexibility index (Phi) is 5.09.